The van der Waals surface area contributed by atoms with Crippen molar-refractivity contribution in [2.45, 2.75) is 13.8 Å². The van der Waals surface area contributed by atoms with Crippen LogP contribution in [0.1, 0.15) is 18.7 Å². The molecule has 0 unspecified atom stereocenters. The lowest BCUT2D eigenvalue weighted by Gasteiger charge is -1.94. The zero-order valence-electron chi connectivity index (χ0n) is 7.87. The number of hydrogen-bond acceptors (Lipinski definition) is 3. The Morgan fingerprint density at radius 3 is 3.00 bits per heavy atom. The van der Waals surface area contributed by atoms with Gasteiger partial charge in [-0.2, -0.15) is 0 Å². The number of nitrogens with zero attached hydrogens (tertiary/aromatic N) is 1. The van der Waals surface area contributed by atoms with Crippen molar-refractivity contribution in [3.8, 4) is 11.8 Å². The second-order valence-electron chi connectivity index (χ2n) is 2.88. The van der Waals surface area contributed by atoms with Crippen molar-refractivity contribution < 1.29 is 9.90 Å². The predicted molar refractivity (Wildman–Crippen MR) is 55.5 cm³/mol. The summed E-state index contributed by atoms with van der Waals surface area (Å²) in [6, 6.07) is 0. The van der Waals surface area contributed by atoms with E-state index >= 15 is 0 Å². The molecule has 1 rings (SSSR count). The van der Waals surface area contributed by atoms with Crippen LogP contribution in [0.4, 0.5) is 10.6 Å². The Morgan fingerprint density at radius 1 is 1.71 bits per heavy atom. The number of rotatable bonds is 1. The van der Waals surface area contributed by atoms with Crippen LogP contribution in [0, 0.1) is 17.8 Å². The van der Waals surface area contributed by atoms with E-state index in [4.69, 9.17) is 5.11 Å². The molecule has 0 aliphatic rings. The minimum Gasteiger partial charge on any atom is -0.465 e. The van der Waals surface area contributed by atoms with Gasteiger partial charge in [0.15, 0.2) is 5.82 Å². The minimum absolute atomic E-state index is 0.259. The zero-order chi connectivity index (χ0) is 10.6. The number of amides is 1. The molecule has 4 nitrogen and oxygen atoms in total. The quantitative estimate of drug-likeness (QED) is 0.699. The molecule has 1 aromatic rings. The SMILES string of the molecule is CC(C)C#Cc1scnc1NC(=O)O. The third-order valence-electron chi connectivity index (χ3n) is 1.27. The summed E-state index contributed by atoms with van der Waals surface area (Å²) in [5.41, 5.74) is 1.57. The Labute approximate surface area is 86.0 Å². The first-order valence-corrected chi connectivity index (χ1v) is 4.92. The highest BCUT2D eigenvalue weighted by Gasteiger charge is 2.05. The maximum Gasteiger partial charge on any atom is 0.410 e. The fraction of sp³-hybridized carbons (Fsp3) is 0.333. The summed E-state index contributed by atoms with van der Waals surface area (Å²) in [4.78, 5) is 14.9. The molecule has 2 N–H and O–H groups in total. The van der Waals surface area contributed by atoms with Crippen molar-refractivity contribution in [2.24, 2.45) is 5.92 Å². The van der Waals surface area contributed by atoms with Crippen LogP contribution < -0.4 is 5.32 Å². The van der Waals surface area contributed by atoms with Crippen molar-refractivity contribution in [2.75, 3.05) is 5.32 Å². The normalized spacial score (nSPS) is 9.36. The number of carboxylic acid groups (broad SMARTS) is 1. The van der Waals surface area contributed by atoms with Crippen LogP contribution in [-0.2, 0) is 0 Å². The number of nitrogens with one attached hydrogen (secondary N) is 1. The molecular formula is C9H10N2O2S. The van der Waals surface area contributed by atoms with Gasteiger partial charge in [-0.1, -0.05) is 25.7 Å². The van der Waals surface area contributed by atoms with Crippen molar-refractivity contribution >= 4 is 23.2 Å². The number of hydrogen-bond donors (Lipinski definition) is 2. The second-order valence-corrected chi connectivity index (χ2v) is 3.74. The highest BCUT2D eigenvalue weighted by Crippen LogP contribution is 2.16. The van der Waals surface area contributed by atoms with E-state index in [-0.39, 0.29) is 5.92 Å². The van der Waals surface area contributed by atoms with Gasteiger partial charge in [0.25, 0.3) is 0 Å². The molecule has 1 amide bonds. The van der Waals surface area contributed by atoms with Crippen LogP contribution in [0.15, 0.2) is 5.51 Å². The average Bonchev–Trinajstić information content (AvgIpc) is 2.47. The third kappa shape index (κ3) is 3.07. The van der Waals surface area contributed by atoms with Gasteiger partial charge in [0.05, 0.1) is 5.51 Å². The first-order chi connectivity index (χ1) is 6.59. The number of carbonyl (C=O) groups is 1. The molecule has 1 heterocycles. The number of thiazole rings is 1. The Bertz CT molecular complexity index is 387. The molecule has 0 saturated heterocycles. The van der Waals surface area contributed by atoms with E-state index in [9.17, 15) is 4.79 Å². The molecule has 5 heteroatoms. The topological polar surface area (TPSA) is 62.2 Å². The largest absolute Gasteiger partial charge is 0.465 e. The van der Waals surface area contributed by atoms with E-state index in [2.05, 4.69) is 22.1 Å². The molecule has 0 saturated carbocycles. The first kappa shape index (κ1) is 10.5. The fourth-order valence-corrected chi connectivity index (χ4v) is 1.33. The van der Waals surface area contributed by atoms with Gasteiger partial charge in [-0.05, 0) is 0 Å². The maximum atomic E-state index is 10.4. The lowest BCUT2D eigenvalue weighted by atomic mass is 10.2. The van der Waals surface area contributed by atoms with Crippen LogP contribution in [0.5, 0.6) is 0 Å². The number of aromatic nitrogens is 1. The van der Waals surface area contributed by atoms with Crippen molar-refractivity contribution in [3.05, 3.63) is 10.4 Å². The lowest BCUT2D eigenvalue weighted by molar-refractivity contribution is 0.209. The van der Waals surface area contributed by atoms with Gasteiger partial charge in [0.1, 0.15) is 4.88 Å². The zero-order valence-corrected chi connectivity index (χ0v) is 8.68. The molecule has 14 heavy (non-hydrogen) atoms. The third-order valence-corrected chi connectivity index (χ3v) is 2.01. The molecule has 0 atom stereocenters. The molecule has 0 fully saturated rings. The van der Waals surface area contributed by atoms with Crippen molar-refractivity contribution in [3.63, 3.8) is 0 Å². The van der Waals surface area contributed by atoms with E-state index < -0.39 is 6.09 Å². The smallest absolute Gasteiger partial charge is 0.410 e. The molecule has 0 radical (unpaired) electrons. The Morgan fingerprint density at radius 2 is 2.43 bits per heavy atom. The average molecular weight is 210 g/mol. The van der Waals surface area contributed by atoms with Crippen LogP contribution in [0.3, 0.4) is 0 Å². The van der Waals surface area contributed by atoms with E-state index in [1.54, 1.807) is 5.51 Å². The van der Waals surface area contributed by atoms with Gasteiger partial charge in [0.2, 0.25) is 0 Å². The summed E-state index contributed by atoms with van der Waals surface area (Å²) >= 11 is 1.32. The minimum atomic E-state index is -1.12. The molecule has 0 aromatic carbocycles. The highest BCUT2D eigenvalue weighted by molar-refractivity contribution is 7.10. The van der Waals surface area contributed by atoms with Gasteiger partial charge in [-0.3, -0.25) is 5.32 Å². The summed E-state index contributed by atoms with van der Waals surface area (Å²) in [5.74, 6) is 6.40. The molecule has 74 valence electrons. The lowest BCUT2D eigenvalue weighted by Crippen LogP contribution is -2.08. The summed E-state index contributed by atoms with van der Waals surface area (Å²) in [6.07, 6.45) is -1.12. The maximum absolute atomic E-state index is 10.4. The van der Waals surface area contributed by atoms with Crippen LogP contribution in [0.25, 0.3) is 0 Å². The Kier molecular flexibility index (Phi) is 3.48. The fourth-order valence-electron chi connectivity index (χ4n) is 0.735. The van der Waals surface area contributed by atoms with Gasteiger partial charge in [-0.15, -0.1) is 11.3 Å². The summed E-state index contributed by atoms with van der Waals surface area (Å²) in [5, 5.41) is 10.7. The summed E-state index contributed by atoms with van der Waals surface area (Å²) < 4.78 is 0. The molecule has 0 aliphatic heterocycles. The molecule has 0 spiro atoms. The van der Waals surface area contributed by atoms with Crippen LogP contribution in [0.2, 0.25) is 0 Å². The molecular weight excluding hydrogens is 200 g/mol. The van der Waals surface area contributed by atoms with Crippen molar-refractivity contribution in [1.29, 1.82) is 0 Å². The predicted octanol–water partition coefficient (Wildman–Crippen LogP) is 2.24. The number of anilines is 1. The van der Waals surface area contributed by atoms with Crippen molar-refractivity contribution in [1.82, 2.24) is 4.98 Å². The second kappa shape index (κ2) is 4.63. The van der Waals surface area contributed by atoms with E-state index in [1.165, 1.54) is 11.3 Å². The van der Waals surface area contributed by atoms with Gasteiger partial charge < -0.3 is 5.11 Å². The molecule has 1 aromatic heterocycles. The van der Waals surface area contributed by atoms with E-state index in [0.29, 0.717) is 10.7 Å². The Hall–Kier alpha value is -1.54. The monoisotopic (exact) mass is 210 g/mol. The van der Waals surface area contributed by atoms with Crippen LogP contribution >= 0.6 is 11.3 Å². The van der Waals surface area contributed by atoms with Crippen LogP contribution in [-0.4, -0.2) is 16.2 Å². The van der Waals surface area contributed by atoms with E-state index in [0.717, 1.165) is 0 Å². The van der Waals surface area contributed by atoms with Gasteiger partial charge in [-0.25, -0.2) is 9.78 Å². The standard InChI is InChI=1S/C9H10N2O2S/c1-6(2)3-4-7-8(10-5-14-7)11-9(12)13/h5-6,11H,1-2H3,(H,12,13). The van der Waals surface area contributed by atoms with E-state index in [1.807, 2.05) is 13.8 Å². The summed E-state index contributed by atoms with van der Waals surface area (Å²) in [6.45, 7) is 3.94. The van der Waals surface area contributed by atoms with Gasteiger partial charge in [0, 0.05) is 5.92 Å². The molecule has 0 bridgehead atoms. The molecule has 0 aliphatic carbocycles. The first-order valence-electron chi connectivity index (χ1n) is 4.04. The Balaban J connectivity index is 2.84. The summed E-state index contributed by atoms with van der Waals surface area (Å²) in [7, 11) is 0. The highest BCUT2D eigenvalue weighted by atomic mass is 32.1. The van der Waals surface area contributed by atoms with Gasteiger partial charge >= 0.3 is 6.09 Å².